The second-order valence-corrected chi connectivity index (χ2v) is 5.28. The summed E-state index contributed by atoms with van der Waals surface area (Å²) < 4.78 is 1.03. The molecular formula is C13H19MnN2. The van der Waals surface area contributed by atoms with Crippen LogP contribution in [-0.4, -0.2) is 11.2 Å². The van der Waals surface area contributed by atoms with Crippen molar-refractivity contribution in [2.24, 2.45) is 5.92 Å². The van der Waals surface area contributed by atoms with Gasteiger partial charge in [0, 0.05) is 0 Å². The molecule has 3 heteroatoms. The van der Waals surface area contributed by atoms with E-state index >= 15 is 0 Å². The molecule has 0 fully saturated rings. The van der Waals surface area contributed by atoms with Crippen LogP contribution < -0.4 is 4.46 Å². The summed E-state index contributed by atoms with van der Waals surface area (Å²) in [5.41, 5.74) is 4.33. The van der Waals surface area contributed by atoms with Gasteiger partial charge in [-0.1, -0.05) is 0 Å². The van der Waals surface area contributed by atoms with Crippen molar-refractivity contribution in [3.05, 3.63) is 29.1 Å². The van der Waals surface area contributed by atoms with Gasteiger partial charge in [0.2, 0.25) is 0 Å². The Morgan fingerprint density at radius 1 is 1.50 bits per heavy atom. The molecule has 0 bridgehead atoms. The van der Waals surface area contributed by atoms with E-state index in [-0.39, 0.29) is 0 Å². The zero-order chi connectivity index (χ0) is 12.3. The van der Waals surface area contributed by atoms with E-state index in [1.165, 1.54) is 11.9 Å². The molecule has 0 atom stereocenters. The van der Waals surface area contributed by atoms with Crippen LogP contribution in [0, 0.1) is 11.3 Å². The van der Waals surface area contributed by atoms with Crippen LogP contribution in [0.4, 0.5) is 0 Å². The first-order valence-electron chi connectivity index (χ1n) is 5.49. The topological polar surface area (TPSA) is 39.6 Å². The van der Waals surface area contributed by atoms with Crippen LogP contribution in [0.25, 0.3) is 0 Å². The average molecular weight is 258 g/mol. The molecule has 1 aromatic rings. The van der Waals surface area contributed by atoms with Gasteiger partial charge in [-0.05, 0) is 0 Å². The molecule has 1 aromatic heterocycles. The van der Waals surface area contributed by atoms with E-state index in [1.807, 2.05) is 6.92 Å². The fourth-order valence-electron chi connectivity index (χ4n) is 1.74. The first-order chi connectivity index (χ1) is 7.45. The van der Waals surface area contributed by atoms with E-state index in [0.29, 0.717) is 5.92 Å². The van der Waals surface area contributed by atoms with Crippen molar-refractivity contribution in [1.29, 1.82) is 5.41 Å². The molecule has 16 heavy (non-hydrogen) atoms. The minimum absolute atomic E-state index is 0.603. The van der Waals surface area contributed by atoms with Gasteiger partial charge in [-0.3, -0.25) is 0 Å². The van der Waals surface area contributed by atoms with Crippen molar-refractivity contribution in [1.82, 2.24) is 4.98 Å². The maximum atomic E-state index is 7.46. The van der Waals surface area contributed by atoms with Gasteiger partial charge >= 0.3 is 106 Å². The summed E-state index contributed by atoms with van der Waals surface area (Å²) in [4.78, 5) is 3.40. The summed E-state index contributed by atoms with van der Waals surface area (Å²) in [6, 6.07) is 0. The average Bonchev–Trinajstić information content (AvgIpc) is 2.41. The SMILES string of the molecule is C=C(C)Cc1[nH]c(CC(C)C)[c]([Mn])c1C=N. The minimum atomic E-state index is 0.603. The predicted molar refractivity (Wildman–Crippen MR) is 65.4 cm³/mol. The van der Waals surface area contributed by atoms with Crippen molar-refractivity contribution in [3.8, 4) is 0 Å². The second-order valence-electron chi connectivity index (χ2n) is 4.69. The van der Waals surface area contributed by atoms with Crippen molar-refractivity contribution in [2.75, 3.05) is 0 Å². The summed E-state index contributed by atoms with van der Waals surface area (Å²) in [7, 11) is 0. The number of nitrogens with one attached hydrogen (secondary N) is 2. The van der Waals surface area contributed by atoms with Crippen molar-refractivity contribution in [2.45, 2.75) is 33.6 Å². The third kappa shape index (κ3) is 3.10. The molecule has 0 aliphatic carbocycles. The molecule has 2 N–H and O–H groups in total. The van der Waals surface area contributed by atoms with E-state index in [4.69, 9.17) is 5.41 Å². The van der Waals surface area contributed by atoms with Gasteiger partial charge in [0.05, 0.1) is 0 Å². The molecule has 0 amide bonds. The molecule has 1 rings (SSSR count). The maximum absolute atomic E-state index is 7.46. The number of allylic oxidation sites excluding steroid dienone is 1. The van der Waals surface area contributed by atoms with Gasteiger partial charge in [-0.2, -0.15) is 0 Å². The molecule has 0 aliphatic heterocycles. The molecule has 0 aliphatic rings. The van der Waals surface area contributed by atoms with Crippen LogP contribution in [0.2, 0.25) is 0 Å². The molecule has 0 aromatic carbocycles. The molecule has 0 saturated carbocycles. The quantitative estimate of drug-likeness (QED) is 0.463. The first kappa shape index (κ1) is 13.3. The third-order valence-corrected chi connectivity index (χ3v) is 3.04. The predicted octanol–water partition coefficient (Wildman–Crippen LogP) is 2.50. The van der Waals surface area contributed by atoms with Crippen LogP contribution in [0.3, 0.4) is 0 Å². The summed E-state index contributed by atoms with van der Waals surface area (Å²) in [5, 5.41) is 7.46. The summed E-state index contributed by atoms with van der Waals surface area (Å²) in [6.07, 6.45) is 3.21. The zero-order valence-electron chi connectivity index (χ0n) is 10.2. The Bertz CT molecular complexity index is 402. The van der Waals surface area contributed by atoms with Gasteiger partial charge in [0.15, 0.2) is 0 Å². The Hall–Kier alpha value is -0.791. The number of aromatic amines is 1. The van der Waals surface area contributed by atoms with Crippen molar-refractivity contribution in [3.63, 3.8) is 0 Å². The second kappa shape index (κ2) is 5.51. The fraction of sp³-hybridized carbons (Fsp3) is 0.462. The Morgan fingerprint density at radius 3 is 2.56 bits per heavy atom. The Kier molecular flexibility index (Phi) is 4.57. The number of hydrogen-bond donors (Lipinski definition) is 2. The molecule has 0 radical (unpaired) electrons. The standard InChI is InChI=1S/C13H19N2.Mn/c1-9(2)5-12-7-11(8-14)13(15-12)6-10(3)4;/h8-9,14-15H,3,5-6H2,1-2,4H3;. The third-order valence-electron chi connectivity index (χ3n) is 2.36. The molecule has 1 heterocycles. The van der Waals surface area contributed by atoms with Crippen molar-refractivity contribution < 1.29 is 16.0 Å². The van der Waals surface area contributed by atoms with Crippen molar-refractivity contribution >= 4 is 10.7 Å². The van der Waals surface area contributed by atoms with Crippen LogP contribution in [0.5, 0.6) is 0 Å². The van der Waals surface area contributed by atoms with Crippen LogP contribution in [-0.2, 0) is 28.9 Å². The van der Waals surface area contributed by atoms with E-state index in [1.54, 1.807) is 0 Å². The molecule has 0 saturated heterocycles. The van der Waals surface area contributed by atoms with Gasteiger partial charge in [0.1, 0.15) is 0 Å². The van der Waals surface area contributed by atoms with Gasteiger partial charge < -0.3 is 0 Å². The van der Waals surface area contributed by atoms with Crippen LogP contribution >= 0.6 is 0 Å². The number of aromatic nitrogens is 1. The van der Waals surface area contributed by atoms with E-state index in [0.717, 1.165) is 34.1 Å². The Labute approximate surface area is 106 Å². The van der Waals surface area contributed by atoms with Gasteiger partial charge in [-0.25, -0.2) is 0 Å². The van der Waals surface area contributed by atoms with Gasteiger partial charge in [-0.15, -0.1) is 0 Å². The van der Waals surface area contributed by atoms with E-state index in [9.17, 15) is 0 Å². The monoisotopic (exact) mass is 258 g/mol. The first-order valence-corrected chi connectivity index (χ1v) is 6.08. The molecule has 2 nitrogen and oxygen atoms in total. The molecular weight excluding hydrogens is 239 g/mol. The fourth-order valence-corrected chi connectivity index (χ4v) is 2.20. The Balaban J connectivity index is 3.09. The number of rotatable bonds is 5. The van der Waals surface area contributed by atoms with Crippen LogP contribution in [0.1, 0.15) is 37.7 Å². The summed E-state index contributed by atoms with van der Waals surface area (Å²) >= 11 is 3.57. The summed E-state index contributed by atoms with van der Waals surface area (Å²) in [5.74, 6) is 0.603. The number of H-pyrrole nitrogens is 1. The number of hydrogen-bond acceptors (Lipinski definition) is 1. The Morgan fingerprint density at radius 2 is 2.12 bits per heavy atom. The van der Waals surface area contributed by atoms with Crippen LogP contribution in [0.15, 0.2) is 12.2 Å². The normalized spacial score (nSPS) is 10.8. The molecule has 88 valence electrons. The zero-order valence-corrected chi connectivity index (χ0v) is 11.3. The van der Waals surface area contributed by atoms with E-state index in [2.05, 4.69) is 41.4 Å². The molecule has 0 unspecified atom stereocenters. The molecule has 0 spiro atoms. The van der Waals surface area contributed by atoms with E-state index < -0.39 is 0 Å². The summed E-state index contributed by atoms with van der Waals surface area (Å²) in [6.45, 7) is 10.3. The van der Waals surface area contributed by atoms with Gasteiger partial charge in [0.25, 0.3) is 0 Å².